The van der Waals surface area contributed by atoms with E-state index in [-0.39, 0.29) is 17.5 Å². The zero-order valence-corrected chi connectivity index (χ0v) is 19.0. The topological polar surface area (TPSA) is 104 Å². The van der Waals surface area contributed by atoms with E-state index < -0.39 is 5.91 Å². The highest BCUT2D eigenvalue weighted by atomic mass is 16.2. The van der Waals surface area contributed by atoms with Crippen molar-refractivity contribution in [2.24, 2.45) is 5.73 Å². The van der Waals surface area contributed by atoms with Crippen LogP contribution in [0.25, 0.3) is 6.08 Å². The van der Waals surface area contributed by atoms with Gasteiger partial charge >= 0.3 is 0 Å². The van der Waals surface area contributed by atoms with Crippen LogP contribution in [-0.4, -0.2) is 33.9 Å². The maximum Gasteiger partial charge on any atom is 0.266 e. The second-order valence-corrected chi connectivity index (χ2v) is 8.33. The van der Waals surface area contributed by atoms with E-state index in [4.69, 9.17) is 5.73 Å². The SMILES string of the molecule is CCCn1c(C)cc(C=C(C#N)C(=O)Nc2cccc(CN3CCCC3C(N)=O)c2)c1C. The summed E-state index contributed by atoms with van der Waals surface area (Å²) in [6.45, 7) is 8.46. The first-order chi connectivity index (χ1) is 15.3. The lowest BCUT2D eigenvalue weighted by Crippen LogP contribution is -2.39. The average molecular weight is 434 g/mol. The molecule has 1 atom stereocenters. The van der Waals surface area contributed by atoms with Crippen molar-refractivity contribution < 1.29 is 9.59 Å². The van der Waals surface area contributed by atoms with E-state index in [2.05, 4.69) is 21.7 Å². The van der Waals surface area contributed by atoms with Gasteiger partial charge in [-0.25, -0.2) is 0 Å². The molecule has 2 heterocycles. The normalized spacial score (nSPS) is 16.7. The minimum absolute atomic E-state index is 0.0560. The summed E-state index contributed by atoms with van der Waals surface area (Å²) in [5, 5.41) is 12.4. The number of nitriles is 1. The molecule has 2 aromatic rings. The molecule has 32 heavy (non-hydrogen) atoms. The summed E-state index contributed by atoms with van der Waals surface area (Å²) in [4.78, 5) is 26.5. The summed E-state index contributed by atoms with van der Waals surface area (Å²) >= 11 is 0. The third-order valence-corrected chi connectivity index (χ3v) is 5.99. The molecule has 3 rings (SSSR count). The van der Waals surface area contributed by atoms with Crippen molar-refractivity contribution >= 4 is 23.6 Å². The summed E-state index contributed by atoms with van der Waals surface area (Å²) in [5.41, 5.74) is 10.2. The first-order valence-electron chi connectivity index (χ1n) is 11.1. The Hall–Kier alpha value is -3.37. The number of amides is 2. The fourth-order valence-corrected chi connectivity index (χ4v) is 4.36. The molecule has 2 amide bonds. The Morgan fingerprint density at radius 2 is 2.09 bits per heavy atom. The molecule has 1 aliphatic rings. The number of hydrogen-bond donors (Lipinski definition) is 2. The maximum atomic E-state index is 12.8. The lowest BCUT2D eigenvalue weighted by atomic mass is 10.1. The third kappa shape index (κ3) is 5.27. The summed E-state index contributed by atoms with van der Waals surface area (Å²) in [6, 6.07) is 11.3. The van der Waals surface area contributed by atoms with Gasteiger partial charge in [0.2, 0.25) is 5.91 Å². The van der Waals surface area contributed by atoms with E-state index in [1.165, 1.54) is 0 Å². The van der Waals surface area contributed by atoms with Crippen LogP contribution >= 0.6 is 0 Å². The Morgan fingerprint density at radius 3 is 2.78 bits per heavy atom. The Labute approximate surface area is 189 Å². The predicted octanol–water partition coefficient (Wildman–Crippen LogP) is 3.51. The van der Waals surface area contributed by atoms with Gasteiger partial charge in [0.1, 0.15) is 11.6 Å². The van der Waals surface area contributed by atoms with E-state index in [0.29, 0.717) is 12.2 Å². The predicted molar refractivity (Wildman–Crippen MR) is 125 cm³/mol. The zero-order valence-electron chi connectivity index (χ0n) is 19.0. The largest absolute Gasteiger partial charge is 0.368 e. The van der Waals surface area contributed by atoms with Crippen LogP contribution in [0, 0.1) is 25.2 Å². The Bertz CT molecular complexity index is 1080. The summed E-state index contributed by atoms with van der Waals surface area (Å²) in [7, 11) is 0. The van der Waals surface area contributed by atoms with E-state index in [0.717, 1.165) is 54.9 Å². The molecular weight excluding hydrogens is 402 g/mol. The van der Waals surface area contributed by atoms with Crippen LogP contribution in [0.4, 0.5) is 5.69 Å². The van der Waals surface area contributed by atoms with Gasteiger partial charge in [0.15, 0.2) is 0 Å². The molecule has 7 heteroatoms. The molecule has 1 unspecified atom stereocenters. The molecule has 0 saturated carbocycles. The van der Waals surface area contributed by atoms with E-state index in [9.17, 15) is 14.9 Å². The number of likely N-dealkylation sites (tertiary alicyclic amines) is 1. The number of anilines is 1. The van der Waals surface area contributed by atoms with Gasteiger partial charge in [-0.1, -0.05) is 19.1 Å². The molecule has 168 valence electrons. The van der Waals surface area contributed by atoms with Gasteiger partial charge in [-0.3, -0.25) is 14.5 Å². The van der Waals surface area contributed by atoms with Crippen molar-refractivity contribution in [3.8, 4) is 6.07 Å². The first kappa shape index (κ1) is 23.3. The molecule has 0 radical (unpaired) electrons. The Morgan fingerprint density at radius 1 is 1.31 bits per heavy atom. The fourth-order valence-electron chi connectivity index (χ4n) is 4.36. The lowest BCUT2D eigenvalue weighted by Gasteiger charge is -2.22. The van der Waals surface area contributed by atoms with Crippen molar-refractivity contribution in [1.82, 2.24) is 9.47 Å². The van der Waals surface area contributed by atoms with Crippen molar-refractivity contribution in [3.05, 3.63) is 58.4 Å². The van der Waals surface area contributed by atoms with Gasteiger partial charge in [0.25, 0.3) is 5.91 Å². The number of nitrogens with zero attached hydrogens (tertiary/aromatic N) is 3. The minimum Gasteiger partial charge on any atom is -0.368 e. The van der Waals surface area contributed by atoms with Crippen molar-refractivity contribution in [3.63, 3.8) is 0 Å². The molecular formula is C25H31N5O2. The third-order valence-electron chi connectivity index (χ3n) is 5.99. The molecule has 1 aromatic heterocycles. The van der Waals surface area contributed by atoms with E-state index in [1.54, 1.807) is 12.1 Å². The highest BCUT2D eigenvalue weighted by Gasteiger charge is 2.28. The Balaban J connectivity index is 1.74. The van der Waals surface area contributed by atoms with Crippen LogP contribution in [0.15, 0.2) is 35.9 Å². The van der Waals surface area contributed by atoms with Gasteiger partial charge in [-0.15, -0.1) is 0 Å². The number of nitrogens with two attached hydrogens (primary N) is 1. The number of carbonyl (C=O) groups is 2. The van der Waals surface area contributed by atoms with Crippen LogP contribution < -0.4 is 11.1 Å². The van der Waals surface area contributed by atoms with Gasteiger partial charge in [0, 0.05) is 30.2 Å². The van der Waals surface area contributed by atoms with Crippen molar-refractivity contribution in [2.45, 2.75) is 59.2 Å². The number of aromatic nitrogens is 1. The van der Waals surface area contributed by atoms with Crippen LogP contribution in [0.3, 0.4) is 0 Å². The monoisotopic (exact) mass is 433 g/mol. The minimum atomic E-state index is -0.443. The van der Waals surface area contributed by atoms with Crippen LogP contribution in [0.5, 0.6) is 0 Å². The molecule has 0 aliphatic carbocycles. The molecule has 7 nitrogen and oxygen atoms in total. The lowest BCUT2D eigenvalue weighted by molar-refractivity contribution is -0.122. The van der Waals surface area contributed by atoms with E-state index >= 15 is 0 Å². The maximum absolute atomic E-state index is 12.8. The number of hydrogen-bond acceptors (Lipinski definition) is 4. The van der Waals surface area contributed by atoms with Crippen molar-refractivity contribution in [1.29, 1.82) is 5.26 Å². The van der Waals surface area contributed by atoms with Crippen LogP contribution in [-0.2, 0) is 22.7 Å². The van der Waals surface area contributed by atoms with Gasteiger partial charge in [-0.2, -0.15) is 5.26 Å². The molecule has 1 saturated heterocycles. The molecule has 0 bridgehead atoms. The highest BCUT2D eigenvalue weighted by molar-refractivity contribution is 6.09. The number of benzene rings is 1. The van der Waals surface area contributed by atoms with Crippen LogP contribution in [0.2, 0.25) is 0 Å². The zero-order chi connectivity index (χ0) is 23.3. The second-order valence-electron chi connectivity index (χ2n) is 8.33. The molecule has 1 fully saturated rings. The average Bonchev–Trinajstić information content (AvgIpc) is 3.32. The summed E-state index contributed by atoms with van der Waals surface area (Å²) in [5.74, 6) is -0.741. The fraction of sp³-hybridized carbons (Fsp3) is 0.400. The number of carbonyl (C=O) groups excluding carboxylic acids is 2. The number of rotatable bonds is 8. The standard InChI is InChI=1S/C25H31N5O2/c1-4-10-30-17(2)12-20(18(30)3)14-21(15-26)25(32)28-22-8-5-7-19(13-22)16-29-11-6-9-23(29)24(27)31/h5,7-8,12-14,23H,4,6,9-11,16H2,1-3H3,(H2,27,31)(H,28,32). The van der Waals surface area contributed by atoms with Gasteiger partial charge in [0.05, 0.1) is 6.04 Å². The van der Waals surface area contributed by atoms with Gasteiger partial charge in [-0.05, 0) is 75.1 Å². The molecule has 1 aliphatic heterocycles. The van der Waals surface area contributed by atoms with Gasteiger partial charge < -0.3 is 15.6 Å². The molecule has 1 aromatic carbocycles. The summed E-state index contributed by atoms with van der Waals surface area (Å²) < 4.78 is 2.19. The number of nitrogens with one attached hydrogen (secondary N) is 1. The highest BCUT2D eigenvalue weighted by Crippen LogP contribution is 2.22. The quantitative estimate of drug-likeness (QED) is 0.491. The summed E-state index contributed by atoms with van der Waals surface area (Å²) in [6.07, 6.45) is 4.38. The second kappa shape index (κ2) is 10.3. The first-order valence-corrected chi connectivity index (χ1v) is 11.1. The van der Waals surface area contributed by atoms with Crippen LogP contribution in [0.1, 0.15) is 48.7 Å². The smallest absolute Gasteiger partial charge is 0.266 e. The number of aryl methyl sites for hydroxylation is 1. The number of primary amides is 1. The molecule has 0 spiro atoms. The Kier molecular flexibility index (Phi) is 7.49. The van der Waals surface area contributed by atoms with E-state index in [1.807, 2.05) is 44.2 Å². The van der Waals surface area contributed by atoms with Crippen molar-refractivity contribution in [2.75, 3.05) is 11.9 Å². The molecule has 3 N–H and O–H groups in total.